The third-order valence-electron chi connectivity index (χ3n) is 2.45. The van der Waals surface area contributed by atoms with Crippen molar-refractivity contribution in [3.63, 3.8) is 0 Å². The normalized spacial score (nSPS) is 15.8. The fourth-order valence-electron chi connectivity index (χ4n) is 1.44. The van der Waals surface area contributed by atoms with Gasteiger partial charge in [-0.3, -0.25) is 29.6 Å². The molecule has 0 saturated carbocycles. The molecule has 0 spiro atoms. The zero-order chi connectivity index (χ0) is 13.0. The van der Waals surface area contributed by atoms with E-state index in [0.717, 1.165) is 9.80 Å². The fraction of sp³-hybridized carbons (Fsp3) is 0.556. The molecule has 1 aliphatic heterocycles. The summed E-state index contributed by atoms with van der Waals surface area (Å²) in [7, 11) is 1.25. The van der Waals surface area contributed by atoms with Crippen molar-refractivity contribution in [2.75, 3.05) is 13.6 Å². The molecule has 0 unspecified atom stereocenters. The Morgan fingerprint density at radius 1 is 1.24 bits per heavy atom. The number of hydrogen-bond acceptors (Lipinski definition) is 5. The lowest BCUT2D eigenvalue weighted by Gasteiger charge is -2.12. The minimum atomic E-state index is -0.824. The molecule has 0 atom stereocenters. The summed E-state index contributed by atoms with van der Waals surface area (Å²) < 4.78 is 0. The number of amides is 5. The van der Waals surface area contributed by atoms with Gasteiger partial charge in [0.25, 0.3) is 0 Å². The van der Waals surface area contributed by atoms with Gasteiger partial charge in [-0.25, -0.2) is 10.6 Å². The molecule has 0 radical (unpaired) electrons. The molecule has 0 aromatic heterocycles. The number of carbonyl (C=O) groups excluding carboxylic acids is 4. The van der Waals surface area contributed by atoms with E-state index in [2.05, 4.69) is 0 Å². The zero-order valence-corrected chi connectivity index (χ0v) is 9.43. The summed E-state index contributed by atoms with van der Waals surface area (Å²) in [6, 6.07) is -0.622. The van der Waals surface area contributed by atoms with Gasteiger partial charge in [-0.2, -0.15) is 0 Å². The smallest absolute Gasteiger partial charge is 0.294 e. The van der Waals surface area contributed by atoms with Crippen molar-refractivity contribution in [1.29, 1.82) is 0 Å². The van der Waals surface area contributed by atoms with Crippen molar-refractivity contribution in [2.24, 2.45) is 5.84 Å². The largest absolute Gasteiger partial charge is 0.333 e. The number of nitrogens with zero attached hydrogens (tertiary/aromatic N) is 2. The van der Waals surface area contributed by atoms with E-state index in [9.17, 15) is 19.2 Å². The Bertz CT molecular complexity index is 368. The molecule has 1 heterocycles. The van der Waals surface area contributed by atoms with E-state index >= 15 is 0 Å². The first kappa shape index (κ1) is 13.1. The quantitative estimate of drug-likeness (QED) is 0.153. The summed E-state index contributed by atoms with van der Waals surface area (Å²) in [4.78, 5) is 46.3. The molecule has 17 heavy (non-hydrogen) atoms. The van der Waals surface area contributed by atoms with Gasteiger partial charge in [0.15, 0.2) is 0 Å². The van der Waals surface area contributed by atoms with Gasteiger partial charge in [-0.15, -0.1) is 0 Å². The van der Waals surface area contributed by atoms with Crippen LogP contribution in [0.3, 0.4) is 0 Å². The SMILES string of the molecule is CN1C(=O)C(=O)N(CCCCC(=O)NN)C1=O. The molecule has 0 aliphatic carbocycles. The van der Waals surface area contributed by atoms with Crippen molar-refractivity contribution in [1.82, 2.24) is 15.2 Å². The van der Waals surface area contributed by atoms with Crippen LogP contribution < -0.4 is 11.3 Å². The molecule has 0 bridgehead atoms. The monoisotopic (exact) mass is 242 g/mol. The van der Waals surface area contributed by atoms with Crippen LogP contribution in [0.15, 0.2) is 0 Å². The number of unbranched alkanes of at least 4 members (excludes halogenated alkanes) is 1. The van der Waals surface area contributed by atoms with Crippen LogP contribution in [0, 0.1) is 0 Å². The number of carbonyl (C=O) groups is 4. The van der Waals surface area contributed by atoms with E-state index in [1.807, 2.05) is 5.43 Å². The minimum Gasteiger partial charge on any atom is -0.294 e. The molecular formula is C9H14N4O4. The van der Waals surface area contributed by atoms with Gasteiger partial charge < -0.3 is 0 Å². The molecule has 1 fully saturated rings. The second-order valence-corrected chi connectivity index (χ2v) is 3.63. The van der Waals surface area contributed by atoms with E-state index in [1.54, 1.807) is 0 Å². The molecule has 5 amide bonds. The van der Waals surface area contributed by atoms with Crippen molar-refractivity contribution in [3.8, 4) is 0 Å². The molecule has 8 nitrogen and oxygen atoms in total. The summed E-state index contributed by atoms with van der Waals surface area (Å²) in [5.41, 5.74) is 1.98. The van der Waals surface area contributed by atoms with E-state index in [4.69, 9.17) is 5.84 Å². The van der Waals surface area contributed by atoms with Gasteiger partial charge in [-0.1, -0.05) is 0 Å². The maximum atomic E-state index is 11.4. The number of nitrogens with one attached hydrogen (secondary N) is 1. The Labute approximate surface area is 97.7 Å². The zero-order valence-electron chi connectivity index (χ0n) is 9.43. The van der Waals surface area contributed by atoms with Crippen LogP contribution in [0.2, 0.25) is 0 Å². The van der Waals surface area contributed by atoms with Gasteiger partial charge in [0.05, 0.1) is 0 Å². The first-order valence-electron chi connectivity index (χ1n) is 5.12. The molecule has 1 saturated heterocycles. The van der Waals surface area contributed by atoms with Crippen LogP contribution in [0.5, 0.6) is 0 Å². The second-order valence-electron chi connectivity index (χ2n) is 3.63. The Morgan fingerprint density at radius 3 is 2.35 bits per heavy atom. The number of likely N-dealkylation sites (N-methyl/N-ethyl adjacent to an activating group) is 1. The number of nitrogens with two attached hydrogens (primary N) is 1. The van der Waals surface area contributed by atoms with Crippen LogP contribution in [0.25, 0.3) is 0 Å². The summed E-state index contributed by atoms with van der Waals surface area (Å²) >= 11 is 0. The lowest BCUT2D eigenvalue weighted by molar-refractivity contribution is -0.142. The minimum absolute atomic E-state index is 0.131. The van der Waals surface area contributed by atoms with E-state index in [0.29, 0.717) is 12.8 Å². The Morgan fingerprint density at radius 2 is 1.88 bits per heavy atom. The standard InChI is InChI=1S/C9H14N4O4/c1-12-7(15)8(16)13(9(12)17)5-3-2-4-6(14)11-10/h2-5,10H2,1H3,(H,11,14). The van der Waals surface area contributed by atoms with Gasteiger partial charge >= 0.3 is 17.8 Å². The van der Waals surface area contributed by atoms with Crippen LogP contribution in [-0.4, -0.2) is 47.1 Å². The van der Waals surface area contributed by atoms with Crippen molar-refractivity contribution in [2.45, 2.75) is 19.3 Å². The highest BCUT2D eigenvalue weighted by molar-refractivity contribution is 6.44. The Balaban J connectivity index is 2.38. The predicted molar refractivity (Wildman–Crippen MR) is 56.1 cm³/mol. The van der Waals surface area contributed by atoms with Gasteiger partial charge in [0.2, 0.25) is 5.91 Å². The molecule has 94 valence electrons. The van der Waals surface area contributed by atoms with Crippen molar-refractivity contribution < 1.29 is 19.2 Å². The van der Waals surface area contributed by atoms with E-state index < -0.39 is 17.8 Å². The summed E-state index contributed by atoms with van der Waals surface area (Å²) in [6.45, 7) is 0.131. The highest BCUT2D eigenvalue weighted by Gasteiger charge is 2.41. The summed E-state index contributed by atoms with van der Waals surface area (Å²) in [5.74, 6) is 2.94. The number of imide groups is 2. The number of rotatable bonds is 5. The second kappa shape index (κ2) is 5.39. The number of hydrazine groups is 1. The third-order valence-corrected chi connectivity index (χ3v) is 2.45. The number of hydrogen-bond donors (Lipinski definition) is 2. The van der Waals surface area contributed by atoms with Gasteiger partial charge in [0, 0.05) is 20.0 Å². The average molecular weight is 242 g/mol. The summed E-state index contributed by atoms with van der Waals surface area (Å²) in [6.07, 6.45) is 1.15. The molecule has 1 rings (SSSR count). The van der Waals surface area contributed by atoms with Gasteiger partial charge in [-0.05, 0) is 12.8 Å². The molecule has 0 aromatic rings. The lowest BCUT2D eigenvalue weighted by Crippen LogP contribution is -2.33. The topological polar surface area (TPSA) is 113 Å². The average Bonchev–Trinajstić information content (AvgIpc) is 2.50. The molecular weight excluding hydrogens is 228 g/mol. The lowest BCUT2D eigenvalue weighted by atomic mass is 10.2. The Kier molecular flexibility index (Phi) is 4.16. The number of urea groups is 1. The summed E-state index contributed by atoms with van der Waals surface area (Å²) in [5, 5.41) is 0. The Hall–Kier alpha value is -1.96. The van der Waals surface area contributed by atoms with Crippen LogP contribution in [0.1, 0.15) is 19.3 Å². The van der Waals surface area contributed by atoms with E-state index in [1.165, 1.54) is 7.05 Å². The maximum absolute atomic E-state index is 11.4. The first-order valence-corrected chi connectivity index (χ1v) is 5.12. The van der Waals surface area contributed by atoms with Crippen LogP contribution in [-0.2, 0) is 14.4 Å². The van der Waals surface area contributed by atoms with Crippen molar-refractivity contribution >= 4 is 23.8 Å². The molecule has 0 aromatic carbocycles. The first-order chi connectivity index (χ1) is 7.99. The third kappa shape index (κ3) is 2.78. The van der Waals surface area contributed by atoms with Crippen molar-refractivity contribution in [3.05, 3.63) is 0 Å². The highest BCUT2D eigenvalue weighted by Crippen LogP contribution is 2.11. The maximum Gasteiger partial charge on any atom is 0.333 e. The van der Waals surface area contributed by atoms with Crippen LogP contribution in [0.4, 0.5) is 4.79 Å². The van der Waals surface area contributed by atoms with E-state index in [-0.39, 0.29) is 18.9 Å². The van der Waals surface area contributed by atoms with Crippen LogP contribution >= 0.6 is 0 Å². The highest BCUT2D eigenvalue weighted by atomic mass is 16.2. The van der Waals surface area contributed by atoms with Gasteiger partial charge in [0.1, 0.15) is 0 Å². The molecule has 8 heteroatoms. The molecule has 3 N–H and O–H groups in total. The predicted octanol–water partition coefficient (Wildman–Crippen LogP) is -1.43. The molecule has 1 aliphatic rings. The fourth-order valence-corrected chi connectivity index (χ4v) is 1.44.